The molecule has 0 aliphatic rings. The Hall–Kier alpha value is -2.61. The molecule has 0 bridgehead atoms. The third-order valence-corrected chi connectivity index (χ3v) is 3.60. The van der Waals surface area contributed by atoms with E-state index in [1.807, 2.05) is 37.3 Å². The van der Waals surface area contributed by atoms with Crippen LogP contribution in [0.3, 0.4) is 0 Å². The topological polar surface area (TPSA) is 125 Å². The molecule has 4 N–H and O–H groups in total. The Morgan fingerprint density at radius 1 is 1.19 bits per heavy atom. The molecule has 0 saturated carbocycles. The minimum absolute atomic E-state index is 0.0982. The van der Waals surface area contributed by atoms with Gasteiger partial charge in [0.05, 0.1) is 12.5 Å². The van der Waals surface area contributed by atoms with Gasteiger partial charge in [0.15, 0.2) is 0 Å². The zero-order valence-electron chi connectivity index (χ0n) is 14.8. The van der Waals surface area contributed by atoms with E-state index in [2.05, 4.69) is 10.6 Å². The normalized spacial score (nSPS) is 12.7. The number of carbonyl (C=O) groups is 3. The summed E-state index contributed by atoms with van der Waals surface area (Å²) in [6, 6.07) is 8.14. The number of rotatable bonds is 11. The summed E-state index contributed by atoms with van der Waals surface area (Å²) in [6.07, 6.45) is -0.335. The third kappa shape index (κ3) is 9.03. The lowest BCUT2D eigenvalue weighted by Crippen LogP contribution is -2.43. The van der Waals surface area contributed by atoms with Crippen molar-refractivity contribution in [1.82, 2.24) is 10.6 Å². The van der Waals surface area contributed by atoms with Crippen LogP contribution < -0.4 is 10.6 Å². The number of nitrogens with one attached hydrogen (secondary N) is 2. The Bertz CT molecular complexity index is 578. The highest BCUT2D eigenvalue weighted by Gasteiger charge is 2.21. The average molecular weight is 366 g/mol. The largest absolute Gasteiger partial charge is 0.480 e. The first kappa shape index (κ1) is 21.4. The molecule has 0 aromatic heterocycles. The van der Waals surface area contributed by atoms with E-state index in [0.29, 0.717) is 12.8 Å². The Morgan fingerprint density at radius 3 is 2.50 bits per heavy atom. The van der Waals surface area contributed by atoms with Gasteiger partial charge in [-0.3, -0.25) is 4.79 Å². The molecular formula is C18H26N2O6. The lowest BCUT2D eigenvalue weighted by molar-refractivity contribution is -0.142. The van der Waals surface area contributed by atoms with E-state index in [-0.39, 0.29) is 19.6 Å². The summed E-state index contributed by atoms with van der Waals surface area (Å²) >= 11 is 0. The van der Waals surface area contributed by atoms with Gasteiger partial charge in [-0.15, -0.1) is 0 Å². The number of benzene rings is 1. The summed E-state index contributed by atoms with van der Waals surface area (Å²) < 4.78 is 4.98. The van der Waals surface area contributed by atoms with Crippen LogP contribution in [0.4, 0.5) is 4.79 Å². The first-order valence-corrected chi connectivity index (χ1v) is 8.57. The van der Waals surface area contributed by atoms with Crippen LogP contribution in [0.5, 0.6) is 0 Å². The van der Waals surface area contributed by atoms with Crippen LogP contribution in [0, 0.1) is 0 Å². The number of aliphatic hydroxyl groups excluding tert-OH is 1. The highest BCUT2D eigenvalue weighted by molar-refractivity contribution is 5.83. The molecule has 0 aliphatic carbocycles. The monoisotopic (exact) mass is 366 g/mol. The molecule has 8 heteroatoms. The lowest BCUT2D eigenvalue weighted by atomic mass is 10.1. The molecule has 0 aliphatic heterocycles. The second-order valence-corrected chi connectivity index (χ2v) is 5.90. The molecule has 0 spiro atoms. The maximum Gasteiger partial charge on any atom is 0.407 e. The first-order valence-electron chi connectivity index (χ1n) is 8.57. The molecule has 2 atom stereocenters. The Morgan fingerprint density at radius 2 is 1.88 bits per heavy atom. The molecule has 0 radical (unpaired) electrons. The van der Waals surface area contributed by atoms with E-state index >= 15 is 0 Å². The molecule has 0 unspecified atom stereocenters. The zero-order chi connectivity index (χ0) is 19.4. The van der Waals surface area contributed by atoms with Crippen LogP contribution in [0.2, 0.25) is 0 Å². The quantitative estimate of drug-likeness (QED) is 0.469. The SMILES string of the molecule is CCCC[C@H](NC(=O)C[C@H](O)CNC(=O)OCc1ccccc1)C(=O)O. The Kier molecular flexibility index (Phi) is 9.78. The summed E-state index contributed by atoms with van der Waals surface area (Å²) in [5.74, 6) is -1.69. The highest BCUT2D eigenvalue weighted by Crippen LogP contribution is 2.03. The van der Waals surface area contributed by atoms with E-state index in [0.717, 1.165) is 12.0 Å². The lowest BCUT2D eigenvalue weighted by Gasteiger charge is -2.16. The molecule has 8 nitrogen and oxygen atoms in total. The van der Waals surface area contributed by atoms with Crippen LogP contribution in [0.15, 0.2) is 30.3 Å². The molecule has 26 heavy (non-hydrogen) atoms. The molecule has 1 rings (SSSR count). The smallest absolute Gasteiger partial charge is 0.407 e. The van der Waals surface area contributed by atoms with Gasteiger partial charge >= 0.3 is 12.1 Å². The second kappa shape index (κ2) is 11.9. The number of unbranched alkanes of at least 4 members (excludes halogenated alkanes) is 1. The number of carboxylic acid groups (broad SMARTS) is 1. The number of amides is 2. The van der Waals surface area contributed by atoms with Crippen molar-refractivity contribution >= 4 is 18.0 Å². The fourth-order valence-corrected chi connectivity index (χ4v) is 2.18. The number of ether oxygens (including phenoxy) is 1. The summed E-state index contributed by atoms with van der Waals surface area (Å²) in [7, 11) is 0. The van der Waals surface area contributed by atoms with Crippen LogP contribution in [0.1, 0.15) is 38.2 Å². The summed E-state index contributed by atoms with van der Waals surface area (Å²) in [4.78, 5) is 34.5. The van der Waals surface area contributed by atoms with Gasteiger partial charge in [0.1, 0.15) is 12.6 Å². The predicted molar refractivity (Wildman–Crippen MR) is 94.3 cm³/mol. The van der Waals surface area contributed by atoms with Gasteiger partial charge in [0.25, 0.3) is 0 Å². The summed E-state index contributed by atoms with van der Waals surface area (Å²) in [5.41, 5.74) is 0.828. The van der Waals surface area contributed by atoms with E-state index in [9.17, 15) is 19.5 Å². The second-order valence-electron chi connectivity index (χ2n) is 5.90. The van der Waals surface area contributed by atoms with Gasteiger partial charge in [0, 0.05) is 6.54 Å². The zero-order valence-corrected chi connectivity index (χ0v) is 14.8. The summed E-state index contributed by atoms with van der Waals surface area (Å²) in [5, 5.41) is 23.6. The molecule has 0 saturated heterocycles. The minimum Gasteiger partial charge on any atom is -0.480 e. The van der Waals surface area contributed by atoms with Crippen molar-refractivity contribution < 1.29 is 29.3 Å². The average Bonchev–Trinajstić information content (AvgIpc) is 2.62. The van der Waals surface area contributed by atoms with Gasteiger partial charge in [-0.05, 0) is 12.0 Å². The van der Waals surface area contributed by atoms with Gasteiger partial charge in [-0.25, -0.2) is 9.59 Å². The summed E-state index contributed by atoms with van der Waals surface area (Å²) in [6.45, 7) is 1.85. The predicted octanol–water partition coefficient (Wildman–Crippen LogP) is 1.42. The van der Waals surface area contributed by atoms with E-state index < -0.39 is 30.1 Å². The van der Waals surface area contributed by atoms with Crippen molar-refractivity contribution in [3.05, 3.63) is 35.9 Å². The number of alkyl carbamates (subject to hydrolysis) is 1. The van der Waals surface area contributed by atoms with Crippen molar-refractivity contribution in [1.29, 1.82) is 0 Å². The molecule has 1 aromatic rings. The Balaban J connectivity index is 2.27. The van der Waals surface area contributed by atoms with Gasteiger partial charge in [-0.1, -0.05) is 50.1 Å². The molecule has 0 heterocycles. The van der Waals surface area contributed by atoms with Crippen LogP contribution in [-0.4, -0.2) is 46.9 Å². The van der Waals surface area contributed by atoms with Crippen LogP contribution >= 0.6 is 0 Å². The fraction of sp³-hybridized carbons (Fsp3) is 0.500. The number of aliphatic carboxylic acids is 1. The van der Waals surface area contributed by atoms with Crippen molar-refractivity contribution in [3.8, 4) is 0 Å². The maximum absolute atomic E-state index is 11.8. The maximum atomic E-state index is 11.8. The van der Waals surface area contributed by atoms with E-state index in [1.54, 1.807) is 0 Å². The number of hydrogen-bond donors (Lipinski definition) is 4. The third-order valence-electron chi connectivity index (χ3n) is 3.60. The van der Waals surface area contributed by atoms with Gasteiger partial charge in [-0.2, -0.15) is 0 Å². The van der Waals surface area contributed by atoms with Crippen molar-refractivity contribution in [3.63, 3.8) is 0 Å². The van der Waals surface area contributed by atoms with Crippen LogP contribution in [0.25, 0.3) is 0 Å². The minimum atomic E-state index is -1.14. The number of carbonyl (C=O) groups excluding carboxylic acids is 2. The van der Waals surface area contributed by atoms with Crippen LogP contribution in [-0.2, 0) is 20.9 Å². The number of carboxylic acids is 1. The molecule has 1 aromatic carbocycles. The molecular weight excluding hydrogens is 340 g/mol. The van der Waals surface area contributed by atoms with Crippen molar-refractivity contribution in [2.24, 2.45) is 0 Å². The highest BCUT2D eigenvalue weighted by atomic mass is 16.5. The number of hydrogen-bond acceptors (Lipinski definition) is 5. The van der Waals surface area contributed by atoms with Crippen molar-refractivity contribution in [2.45, 2.75) is 51.4 Å². The van der Waals surface area contributed by atoms with Crippen molar-refractivity contribution in [2.75, 3.05) is 6.54 Å². The molecule has 144 valence electrons. The standard InChI is InChI=1S/C18H26N2O6/c1-2-3-9-15(17(23)24)20-16(22)10-14(21)11-19-18(25)26-12-13-7-5-4-6-8-13/h4-8,14-15,21H,2-3,9-12H2,1H3,(H,19,25)(H,20,22)(H,23,24)/t14-,15-/m0/s1. The molecule has 0 fully saturated rings. The van der Waals surface area contributed by atoms with Gasteiger partial charge < -0.3 is 25.6 Å². The first-order chi connectivity index (χ1) is 12.4. The Labute approximate surface area is 152 Å². The van der Waals surface area contributed by atoms with E-state index in [4.69, 9.17) is 9.84 Å². The molecule has 2 amide bonds. The number of aliphatic hydroxyl groups is 1. The van der Waals surface area contributed by atoms with Gasteiger partial charge in [0.2, 0.25) is 5.91 Å². The van der Waals surface area contributed by atoms with E-state index in [1.165, 1.54) is 0 Å². The fourth-order valence-electron chi connectivity index (χ4n) is 2.18.